The molecular weight excluding hydrogens is 268 g/mol. The molecule has 96 valence electrons. The van der Waals surface area contributed by atoms with Crippen molar-refractivity contribution in [2.75, 3.05) is 0 Å². The van der Waals surface area contributed by atoms with Gasteiger partial charge in [0.25, 0.3) is 0 Å². The van der Waals surface area contributed by atoms with Crippen molar-refractivity contribution >= 4 is 11.3 Å². The van der Waals surface area contributed by atoms with Crippen molar-refractivity contribution in [2.45, 2.75) is 19.0 Å². The third kappa shape index (κ3) is 2.66. The summed E-state index contributed by atoms with van der Waals surface area (Å²) >= 11 is 0.892. The van der Waals surface area contributed by atoms with Gasteiger partial charge >= 0.3 is 6.18 Å². The van der Waals surface area contributed by atoms with Gasteiger partial charge in [-0.15, -0.1) is 11.3 Å². The van der Waals surface area contributed by atoms with Crippen molar-refractivity contribution in [1.29, 1.82) is 0 Å². The van der Waals surface area contributed by atoms with E-state index in [9.17, 15) is 17.6 Å². The molecular formula is C11H8F4N2S. The summed E-state index contributed by atoms with van der Waals surface area (Å²) in [6.07, 6.45) is -0.743. The van der Waals surface area contributed by atoms with Crippen molar-refractivity contribution in [1.82, 2.24) is 9.97 Å². The summed E-state index contributed by atoms with van der Waals surface area (Å²) in [5.74, 6) is -2.13. The first-order valence-corrected chi connectivity index (χ1v) is 5.83. The Hall–Kier alpha value is -1.50. The third-order valence-corrected chi connectivity index (χ3v) is 3.62. The lowest BCUT2D eigenvalue weighted by Crippen LogP contribution is -2.16. The molecule has 0 fully saturated rings. The number of thiazole rings is 1. The van der Waals surface area contributed by atoms with Gasteiger partial charge in [0.05, 0.1) is 12.1 Å². The van der Waals surface area contributed by atoms with Gasteiger partial charge in [0.2, 0.25) is 0 Å². The van der Waals surface area contributed by atoms with E-state index in [-0.39, 0.29) is 4.88 Å². The fraction of sp³-hybridized carbons (Fsp3) is 0.273. The van der Waals surface area contributed by atoms with E-state index in [2.05, 4.69) is 9.97 Å². The average molecular weight is 276 g/mol. The molecule has 0 saturated heterocycles. The summed E-state index contributed by atoms with van der Waals surface area (Å²) in [5.41, 5.74) is 0.376. The maximum atomic E-state index is 12.9. The van der Waals surface area contributed by atoms with Gasteiger partial charge in [-0.05, 0) is 13.0 Å². The molecule has 0 amide bonds. The molecule has 1 unspecified atom stereocenters. The molecule has 0 saturated carbocycles. The van der Waals surface area contributed by atoms with Crippen molar-refractivity contribution in [3.05, 3.63) is 35.4 Å². The van der Waals surface area contributed by atoms with Gasteiger partial charge < -0.3 is 0 Å². The lowest BCUT2D eigenvalue weighted by atomic mass is 10.1. The minimum Gasteiger partial charge on any atom is -0.261 e. The van der Waals surface area contributed by atoms with Gasteiger partial charge in [0.1, 0.15) is 10.8 Å². The van der Waals surface area contributed by atoms with E-state index in [1.54, 1.807) is 0 Å². The van der Waals surface area contributed by atoms with Crippen molar-refractivity contribution < 1.29 is 17.6 Å². The Bertz CT molecular complexity index is 550. The minimum atomic E-state index is -4.30. The van der Waals surface area contributed by atoms with Crippen LogP contribution in [0, 0.1) is 5.82 Å². The zero-order valence-electron chi connectivity index (χ0n) is 9.20. The first kappa shape index (κ1) is 12.9. The lowest BCUT2D eigenvalue weighted by molar-refractivity contribution is -0.145. The highest BCUT2D eigenvalue weighted by Gasteiger charge is 2.38. The van der Waals surface area contributed by atoms with Crippen LogP contribution in [-0.4, -0.2) is 16.1 Å². The number of aromatic nitrogens is 2. The summed E-state index contributed by atoms with van der Waals surface area (Å²) in [5, 5.41) is 0.327. The highest BCUT2D eigenvalue weighted by Crippen LogP contribution is 2.38. The number of rotatable bonds is 2. The topological polar surface area (TPSA) is 25.8 Å². The molecule has 2 rings (SSSR count). The van der Waals surface area contributed by atoms with Gasteiger partial charge in [-0.3, -0.25) is 4.98 Å². The van der Waals surface area contributed by atoms with Crippen LogP contribution in [0.25, 0.3) is 10.6 Å². The molecule has 0 N–H and O–H groups in total. The number of hydrogen-bond acceptors (Lipinski definition) is 3. The van der Waals surface area contributed by atoms with Crippen LogP contribution in [0.15, 0.2) is 24.7 Å². The highest BCUT2D eigenvalue weighted by atomic mass is 32.1. The van der Waals surface area contributed by atoms with Crippen LogP contribution in [-0.2, 0) is 0 Å². The van der Waals surface area contributed by atoms with E-state index in [1.807, 2.05) is 0 Å². The number of nitrogens with zero attached hydrogens (tertiary/aromatic N) is 2. The SMILES string of the molecule is CC(c1cnc(-c2cncc(F)c2)s1)C(F)(F)F. The van der Waals surface area contributed by atoms with Crippen LogP contribution >= 0.6 is 11.3 Å². The Morgan fingerprint density at radius 2 is 1.94 bits per heavy atom. The van der Waals surface area contributed by atoms with Gasteiger partial charge in [-0.25, -0.2) is 9.37 Å². The first-order chi connectivity index (χ1) is 8.38. The molecule has 0 aromatic carbocycles. The van der Waals surface area contributed by atoms with Crippen LogP contribution in [0.3, 0.4) is 0 Å². The number of halogens is 4. The minimum absolute atomic E-state index is 0.0989. The molecule has 18 heavy (non-hydrogen) atoms. The van der Waals surface area contributed by atoms with E-state index in [1.165, 1.54) is 18.5 Å². The molecule has 0 spiro atoms. The van der Waals surface area contributed by atoms with E-state index >= 15 is 0 Å². The molecule has 7 heteroatoms. The van der Waals surface area contributed by atoms with Crippen molar-refractivity contribution in [3.8, 4) is 10.6 Å². The second kappa shape index (κ2) is 4.64. The van der Waals surface area contributed by atoms with Gasteiger partial charge in [-0.1, -0.05) is 0 Å². The third-order valence-electron chi connectivity index (χ3n) is 2.39. The predicted octanol–water partition coefficient (Wildman–Crippen LogP) is 4.01. The first-order valence-electron chi connectivity index (χ1n) is 5.01. The molecule has 0 aliphatic heterocycles. The van der Waals surface area contributed by atoms with Crippen molar-refractivity contribution in [3.63, 3.8) is 0 Å². The molecule has 0 bridgehead atoms. The fourth-order valence-electron chi connectivity index (χ4n) is 1.31. The second-order valence-electron chi connectivity index (χ2n) is 3.72. The monoisotopic (exact) mass is 276 g/mol. The second-order valence-corrected chi connectivity index (χ2v) is 4.79. The molecule has 0 radical (unpaired) electrons. The van der Waals surface area contributed by atoms with Crippen LogP contribution in [0.1, 0.15) is 17.7 Å². The molecule has 2 heterocycles. The van der Waals surface area contributed by atoms with Gasteiger partial charge in [0.15, 0.2) is 0 Å². The Labute approximate surface area is 104 Å². The smallest absolute Gasteiger partial charge is 0.261 e. The Kier molecular flexibility index (Phi) is 3.34. The predicted molar refractivity (Wildman–Crippen MR) is 59.8 cm³/mol. The zero-order valence-corrected chi connectivity index (χ0v) is 10.0. The molecule has 2 aromatic heterocycles. The van der Waals surface area contributed by atoms with Crippen LogP contribution in [0.2, 0.25) is 0 Å². The normalized spacial score (nSPS) is 13.6. The van der Waals surface area contributed by atoms with Crippen molar-refractivity contribution in [2.24, 2.45) is 0 Å². The molecule has 2 aromatic rings. The van der Waals surface area contributed by atoms with E-state index in [4.69, 9.17) is 0 Å². The summed E-state index contributed by atoms with van der Waals surface area (Å²) in [6.45, 7) is 1.07. The van der Waals surface area contributed by atoms with Gasteiger partial charge in [0, 0.05) is 22.8 Å². The summed E-state index contributed by atoms with van der Waals surface area (Å²) in [4.78, 5) is 7.61. The summed E-state index contributed by atoms with van der Waals surface area (Å²) < 4.78 is 50.5. The Morgan fingerprint density at radius 1 is 1.22 bits per heavy atom. The lowest BCUT2D eigenvalue weighted by Gasteiger charge is -2.12. The fourth-order valence-corrected chi connectivity index (χ4v) is 2.28. The number of hydrogen-bond donors (Lipinski definition) is 0. The standard InChI is InChI=1S/C11H8F4N2S/c1-6(11(13,14)15)9-5-17-10(18-9)7-2-8(12)4-16-3-7/h2-6H,1H3. The van der Waals surface area contributed by atoms with Crippen LogP contribution in [0.4, 0.5) is 17.6 Å². The van der Waals surface area contributed by atoms with E-state index in [0.29, 0.717) is 10.6 Å². The van der Waals surface area contributed by atoms with E-state index in [0.717, 1.165) is 24.5 Å². The van der Waals surface area contributed by atoms with Crippen LogP contribution in [0.5, 0.6) is 0 Å². The largest absolute Gasteiger partial charge is 0.396 e. The number of alkyl halides is 3. The summed E-state index contributed by atoms with van der Waals surface area (Å²) in [7, 11) is 0. The highest BCUT2D eigenvalue weighted by molar-refractivity contribution is 7.15. The van der Waals surface area contributed by atoms with Gasteiger partial charge in [-0.2, -0.15) is 13.2 Å². The molecule has 0 aliphatic carbocycles. The molecule has 2 nitrogen and oxygen atoms in total. The maximum absolute atomic E-state index is 12.9. The quantitative estimate of drug-likeness (QED) is 0.774. The number of pyridine rings is 1. The average Bonchev–Trinajstić information content (AvgIpc) is 2.75. The molecule has 1 atom stereocenters. The zero-order chi connectivity index (χ0) is 13.3. The summed E-state index contributed by atoms with van der Waals surface area (Å²) in [6, 6.07) is 1.19. The molecule has 0 aliphatic rings. The Morgan fingerprint density at radius 3 is 2.56 bits per heavy atom. The maximum Gasteiger partial charge on any atom is 0.396 e. The van der Waals surface area contributed by atoms with E-state index < -0.39 is 17.9 Å². The Balaban J connectivity index is 2.31. The van der Waals surface area contributed by atoms with Crippen LogP contribution < -0.4 is 0 Å².